The fourth-order valence-electron chi connectivity index (χ4n) is 13.3. The number of rotatable bonds is 77. The average Bonchev–Trinajstić information content (AvgIpc) is 3.54. The first-order chi connectivity index (χ1) is 42.5. The lowest BCUT2D eigenvalue weighted by molar-refractivity contribution is -0.143. The molecule has 86 heavy (non-hydrogen) atoms. The van der Waals surface area contributed by atoms with E-state index in [1.807, 2.05) is 0 Å². The minimum absolute atomic E-state index is 0.0253. The molecule has 0 saturated heterocycles. The van der Waals surface area contributed by atoms with E-state index >= 15 is 0 Å². The number of nitrogens with one attached hydrogen (secondary N) is 1. The standard InChI is InChI=1S/C80H159NO5/c1-3-5-7-9-11-13-15-17-19-21-23-33-37-40-44-48-52-56-60-64-68-72-78(83)77(76-82)81-79(84)73-69-65-61-57-53-49-45-41-38-34-31-29-27-25-24-26-28-30-32-35-39-43-47-51-55-59-63-67-71-75-86-80(85)74-70-66-62-58-54-50-46-42-36-22-20-18-16-14-12-10-8-6-4-2/h77-78,82-83H,3-76H2,1-2H3,(H,81,84). The van der Waals surface area contributed by atoms with Crippen molar-refractivity contribution in [1.29, 1.82) is 0 Å². The van der Waals surface area contributed by atoms with Crippen molar-refractivity contribution < 1.29 is 24.5 Å². The Balaban J connectivity index is 3.31. The highest BCUT2D eigenvalue weighted by atomic mass is 16.5. The van der Waals surface area contributed by atoms with Gasteiger partial charge in [0.15, 0.2) is 0 Å². The number of carbonyl (C=O) groups is 2. The number of hydrogen-bond donors (Lipinski definition) is 3. The molecule has 0 aromatic rings. The van der Waals surface area contributed by atoms with Crippen LogP contribution in [-0.4, -0.2) is 47.4 Å². The van der Waals surface area contributed by atoms with Crippen molar-refractivity contribution in [1.82, 2.24) is 5.32 Å². The fourth-order valence-corrected chi connectivity index (χ4v) is 13.3. The van der Waals surface area contributed by atoms with Crippen molar-refractivity contribution in [2.24, 2.45) is 0 Å². The molecule has 0 saturated carbocycles. The van der Waals surface area contributed by atoms with E-state index < -0.39 is 12.1 Å². The molecular weight excluding hydrogens is 1050 g/mol. The Bertz CT molecular complexity index is 1260. The van der Waals surface area contributed by atoms with Crippen LogP contribution in [0.5, 0.6) is 0 Å². The van der Waals surface area contributed by atoms with Crippen molar-refractivity contribution in [2.45, 2.75) is 488 Å². The number of aliphatic hydroxyl groups excluding tert-OH is 2. The number of hydrogen-bond acceptors (Lipinski definition) is 5. The molecule has 0 rings (SSSR count). The van der Waals surface area contributed by atoms with Gasteiger partial charge >= 0.3 is 5.97 Å². The quantitative estimate of drug-likeness (QED) is 0.0417. The molecule has 0 spiro atoms. The molecule has 3 N–H and O–H groups in total. The van der Waals surface area contributed by atoms with E-state index in [1.165, 1.54) is 405 Å². The summed E-state index contributed by atoms with van der Waals surface area (Å²) in [7, 11) is 0. The van der Waals surface area contributed by atoms with Crippen molar-refractivity contribution in [3.8, 4) is 0 Å². The molecule has 0 heterocycles. The molecule has 6 nitrogen and oxygen atoms in total. The van der Waals surface area contributed by atoms with E-state index in [1.54, 1.807) is 0 Å². The average molecular weight is 1220 g/mol. The summed E-state index contributed by atoms with van der Waals surface area (Å²) in [6.07, 6.45) is 94.8. The molecule has 0 aliphatic heterocycles. The maximum absolute atomic E-state index is 12.6. The lowest BCUT2D eigenvalue weighted by Crippen LogP contribution is -2.45. The first kappa shape index (κ1) is 84.9. The largest absolute Gasteiger partial charge is 0.466 e. The van der Waals surface area contributed by atoms with Gasteiger partial charge in [0.25, 0.3) is 0 Å². The van der Waals surface area contributed by atoms with E-state index in [2.05, 4.69) is 19.2 Å². The highest BCUT2D eigenvalue weighted by Crippen LogP contribution is 2.21. The monoisotopic (exact) mass is 1210 g/mol. The van der Waals surface area contributed by atoms with Gasteiger partial charge in [-0.3, -0.25) is 9.59 Å². The van der Waals surface area contributed by atoms with Crippen LogP contribution >= 0.6 is 0 Å². The number of esters is 1. The number of ether oxygens (including phenoxy) is 1. The molecule has 0 fully saturated rings. The zero-order valence-corrected chi connectivity index (χ0v) is 59.1. The highest BCUT2D eigenvalue weighted by Gasteiger charge is 2.20. The van der Waals surface area contributed by atoms with Crippen molar-refractivity contribution in [2.75, 3.05) is 13.2 Å². The lowest BCUT2D eigenvalue weighted by atomic mass is 10.0. The Labute approximate surface area is 540 Å². The van der Waals surface area contributed by atoms with Gasteiger partial charge < -0.3 is 20.3 Å². The molecule has 6 heteroatoms. The SMILES string of the molecule is CCCCCCCCCCCCCCCCCCCCCCCC(O)C(CO)NC(=O)CCCCCCCCCCCCCCCCCCCCCCCCCCCCCCCOC(=O)CCCCCCCCCCCCCCCCCCCCC. The van der Waals surface area contributed by atoms with E-state index in [0.717, 1.165) is 38.5 Å². The third-order valence-corrected chi connectivity index (χ3v) is 19.4. The maximum Gasteiger partial charge on any atom is 0.305 e. The zero-order chi connectivity index (χ0) is 62.0. The molecule has 0 radical (unpaired) electrons. The van der Waals surface area contributed by atoms with Gasteiger partial charge in [0, 0.05) is 12.8 Å². The van der Waals surface area contributed by atoms with Gasteiger partial charge in [0.05, 0.1) is 25.4 Å². The summed E-state index contributed by atoms with van der Waals surface area (Å²) >= 11 is 0. The highest BCUT2D eigenvalue weighted by molar-refractivity contribution is 5.76. The van der Waals surface area contributed by atoms with Gasteiger partial charge in [-0.1, -0.05) is 438 Å². The minimum Gasteiger partial charge on any atom is -0.466 e. The normalized spacial score (nSPS) is 12.4. The molecular formula is C80H159NO5. The van der Waals surface area contributed by atoms with Crippen molar-refractivity contribution in [3.63, 3.8) is 0 Å². The molecule has 0 aromatic heterocycles. The second-order valence-electron chi connectivity index (χ2n) is 28.1. The zero-order valence-electron chi connectivity index (χ0n) is 59.1. The topological polar surface area (TPSA) is 95.9 Å². The molecule has 1 amide bonds. The van der Waals surface area contributed by atoms with Gasteiger partial charge in [0.2, 0.25) is 5.91 Å². The first-order valence-electron chi connectivity index (χ1n) is 40.3. The number of carbonyl (C=O) groups excluding carboxylic acids is 2. The summed E-state index contributed by atoms with van der Waals surface area (Å²) in [6, 6.07) is -0.539. The molecule has 0 bridgehead atoms. The van der Waals surface area contributed by atoms with E-state index in [0.29, 0.717) is 25.9 Å². The molecule has 0 aliphatic carbocycles. The first-order valence-corrected chi connectivity index (χ1v) is 40.3. The van der Waals surface area contributed by atoms with Gasteiger partial charge in [0.1, 0.15) is 0 Å². The van der Waals surface area contributed by atoms with Crippen LogP contribution in [0.4, 0.5) is 0 Å². The van der Waals surface area contributed by atoms with Gasteiger partial charge in [-0.15, -0.1) is 0 Å². The van der Waals surface area contributed by atoms with E-state index in [-0.39, 0.29) is 18.5 Å². The number of unbranched alkanes of at least 4 members (excludes halogenated alkanes) is 66. The van der Waals surface area contributed by atoms with Crippen LogP contribution < -0.4 is 5.32 Å². The molecule has 2 atom stereocenters. The Morgan fingerprint density at radius 3 is 0.709 bits per heavy atom. The Kier molecular flexibility index (Phi) is 75.3. The summed E-state index contributed by atoms with van der Waals surface area (Å²) in [5, 5.41) is 23.5. The Morgan fingerprint density at radius 1 is 0.279 bits per heavy atom. The summed E-state index contributed by atoms with van der Waals surface area (Å²) in [5.41, 5.74) is 0. The van der Waals surface area contributed by atoms with Crippen LogP contribution in [0.1, 0.15) is 476 Å². The second-order valence-corrected chi connectivity index (χ2v) is 28.1. The van der Waals surface area contributed by atoms with Crippen LogP contribution in [0.25, 0.3) is 0 Å². The Hall–Kier alpha value is -1.14. The summed E-state index contributed by atoms with van der Waals surface area (Å²) in [4.78, 5) is 24.7. The maximum atomic E-state index is 12.6. The van der Waals surface area contributed by atoms with E-state index in [4.69, 9.17) is 4.74 Å². The predicted molar refractivity (Wildman–Crippen MR) is 380 cm³/mol. The summed E-state index contributed by atoms with van der Waals surface area (Å²) < 4.78 is 5.52. The van der Waals surface area contributed by atoms with Crippen molar-refractivity contribution >= 4 is 11.9 Å². The molecule has 0 aliphatic rings. The van der Waals surface area contributed by atoms with Crippen LogP contribution in [0.3, 0.4) is 0 Å². The molecule has 2 unspecified atom stereocenters. The summed E-state index contributed by atoms with van der Waals surface area (Å²) in [6.45, 7) is 5.02. The molecule has 514 valence electrons. The minimum atomic E-state index is -0.662. The number of amides is 1. The van der Waals surface area contributed by atoms with Crippen LogP contribution in [0.15, 0.2) is 0 Å². The van der Waals surface area contributed by atoms with Crippen LogP contribution in [0, 0.1) is 0 Å². The summed E-state index contributed by atoms with van der Waals surface area (Å²) in [5.74, 6) is 0.000783. The van der Waals surface area contributed by atoms with Crippen LogP contribution in [-0.2, 0) is 14.3 Å². The van der Waals surface area contributed by atoms with Crippen molar-refractivity contribution in [3.05, 3.63) is 0 Å². The van der Waals surface area contributed by atoms with Gasteiger partial charge in [-0.05, 0) is 25.7 Å². The third kappa shape index (κ3) is 71.9. The fraction of sp³-hybridized carbons (Fsp3) is 0.975. The lowest BCUT2D eigenvalue weighted by Gasteiger charge is -2.22. The van der Waals surface area contributed by atoms with Gasteiger partial charge in [-0.25, -0.2) is 0 Å². The number of aliphatic hydroxyl groups is 2. The molecule has 0 aromatic carbocycles. The van der Waals surface area contributed by atoms with E-state index in [9.17, 15) is 19.8 Å². The van der Waals surface area contributed by atoms with Gasteiger partial charge in [-0.2, -0.15) is 0 Å². The second kappa shape index (κ2) is 76.3. The predicted octanol–water partition coefficient (Wildman–Crippen LogP) is 26.5. The van der Waals surface area contributed by atoms with Crippen LogP contribution in [0.2, 0.25) is 0 Å². The Morgan fingerprint density at radius 2 is 0.477 bits per heavy atom. The third-order valence-electron chi connectivity index (χ3n) is 19.4. The smallest absolute Gasteiger partial charge is 0.305 e.